The van der Waals surface area contributed by atoms with Crippen molar-refractivity contribution in [1.82, 2.24) is 14.3 Å². The summed E-state index contributed by atoms with van der Waals surface area (Å²) in [4.78, 5) is 12.1. The number of rotatable bonds is 6. The van der Waals surface area contributed by atoms with Gasteiger partial charge < -0.3 is 10.4 Å². The van der Waals surface area contributed by atoms with E-state index in [1.165, 1.54) is 20.2 Å². The first-order chi connectivity index (χ1) is 11.2. The first-order valence-electron chi connectivity index (χ1n) is 7.64. The number of phenols is 1. The number of carbonyl (C=O) groups excluding carboxylic acids is 1. The van der Waals surface area contributed by atoms with Crippen molar-refractivity contribution in [3.05, 3.63) is 28.8 Å². The molecule has 1 aromatic carbocycles. The first kappa shape index (κ1) is 19.0. The van der Waals surface area contributed by atoms with Crippen LogP contribution in [-0.2, 0) is 21.4 Å². The Bertz CT molecular complexity index is 709. The van der Waals surface area contributed by atoms with Crippen LogP contribution in [0.5, 0.6) is 5.75 Å². The Labute approximate surface area is 147 Å². The largest absolute Gasteiger partial charge is 0.506 e. The van der Waals surface area contributed by atoms with Gasteiger partial charge in [-0.3, -0.25) is 4.79 Å². The predicted octanol–water partition coefficient (Wildman–Crippen LogP) is 1.02. The Morgan fingerprint density at radius 1 is 1.33 bits per heavy atom. The number of benzene rings is 1. The highest BCUT2D eigenvalue weighted by molar-refractivity contribution is 7.87. The average Bonchev–Trinajstić information content (AvgIpc) is 2.89. The summed E-state index contributed by atoms with van der Waals surface area (Å²) in [6, 6.07) is 4.42. The fourth-order valence-corrected chi connectivity index (χ4v) is 3.71. The van der Waals surface area contributed by atoms with E-state index >= 15 is 0 Å². The number of amides is 1. The van der Waals surface area contributed by atoms with Crippen molar-refractivity contribution in [1.29, 1.82) is 0 Å². The summed E-state index contributed by atoms with van der Waals surface area (Å²) in [5.74, 6) is -0.175. The summed E-state index contributed by atoms with van der Waals surface area (Å²) in [7, 11) is -0.516. The Kier molecular flexibility index (Phi) is 6.08. The lowest BCUT2D eigenvalue weighted by atomic mass is 10.1. The van der Waals surface area contributed by atoms with Crippen molar-refractivity contribution in [3.8, 4) is 5.75 Å². The van der Waals surface area contributed by atoms with Crippen LogP contribution in [0.2, 0.25) is 5.02 Å². The number of nitrogens with one attached hydrogen (secondary N) is 2. The number of nitrogens with zero attached hydrogens (tertiary/aromatic N) is 1. The minimum absolute atomic E-state index is 0.0207. The zero-order valence-corrected chi connectivity index (χ0v) is 15.2. The molecule has 0 aliphatic heterocycles. The Morgan fingerprint density at radius 2 is 2.00 bits per heavy atom. The smallest absolute Gasteiger partial charge is 0.279 e. The third-order valence-corrected chi connectivity index (χ3v) is 5.87. The van der Waals surface area contributed by atoms with E-state index in [0.29, 0.717) is 18.4 Å². The Balaban J connectivity index is 1.84. The minimum Gasteiger partial charge on any atom is -0.506 e. The van der Waals surface area contributed by atoms with Gasteiger partial charge in [0.05, 0.1) is 11.4 Å². The first-order valence-corrected chi connectivity index (χ1v) is 9.45. The summed E-state index contributed by atoms with van der Waals surface area (Å²) >= 11 is 5.82. The van der Waals surface area contributed by atoms with E-state index in [4.69, 9.17) is 11.6 Å². The second kappa shape index (κ2) is 7.69. The summed E-state index contributed by atoms with van der Waals surface area (Å²) in [6.07, 6.45) is 2.13. The van der Waals surface area contributed by atoms with Crippen LogP contribution in [0.3, 0.4) is 0 Å². The van der Waals surface area contributed by atoms with Crippen molar-refractivity contribution >= 4 is 27.7 Å². The molecule has 0 radical (unpaired) electrons. The van der Waals surface area contributed by atoms with E-state index in [0.717, 1.165) is 10.7 Å². The van der Waals surface area contributed by atoms with Gasteiger partial charge in [-0.05, 0) is 37.0 Å². The number of carbonyl (C=O) groups is 1. The lowest BCUT2D eigenvalue weighted by Crippen LogP contribution is -2.42. The monoisotopic (exact) mass is 375 g/mol. The van der Waals surface area contributed by atoms with Crippen molar-refractivity contribution in [2.75, 3.05) is 14.1 Å². The standard InChI is InChI=1S/C15H22ClN3O4S/c1-19(2)24(22,23)18-12-5-4-11(9-12)17-15(21)8-10-3-6-14(20)13(16)7-10/h3,6-7,11-12,18,20H,4-5,8-9H2,1-2H3,(H,17,21)/t11-,12+/m0/s1. The quantitative estimate of drug-likeness (QED) is 0.691. The number of aromatic hydroxyl groups is 1. The van der Waals surface area contributed by atoms with Gasteiger partial charge in [0.15, 0.2) is 0 Å². The van der Waals surface area contributed by atoms with E-state index in [-0.39, 0.29) is 35.2 Å². The van der Waals surface area contributed by atoms with Gasteiger partial charge in [0.25, 0.3) is 10.2 Å². The second-order valence-corrected chi connectivity index (χ2v) is 8.47. The van der Waals surface area contributed by atoms with Crippen molar-refractivity contribution in [2.24, 2.45) is 0 Å². The second-order valence-electron chi connectivity index (χ2n) is 6.14. The molecule has 0 spiro atoms. The molecule has 0 bridgehead atoms. The van der Waals surface area contributed by atoms with E-state index in [9.17, 15) is 18.3 Å². The molecule has 3 N–H and O–H groups in total. The van der Waals surface area contributed by atoms with Gasteiger partial charge in [-0.2, -0.15) is 17.4 Å². The lowest BCUT2D eigenvalue weighted by molar-refractivity contribution is -0.121. The van der Waals surface area contributed by atoms with Gasteiger partial charge in [0.2, 0.25) is 5.91 Å². The zero-order chi connectivity index (χ0) is 17.9. The van der Waals surface area contributed by atoms with Crippen molar-refractivity contribution < 1.29 is 18.3 Å². The summed E-state index contributed by atoms with van der Waals surface area (Å²) in [5, 5.41) is 12.5. The van der Waals surface area contributed by atoms with Crippen LogP contribution < -0.4 is 10.0 Å². The molecule has 7 nitrogen and oxygen atoms in total. The number of hydrogen-bond donors (Lipinski definition) is 3. The molecule has 134 valence electrons. The maximum Gasteiger partial charge on any atom is 0.279 e. The lowest BCUT2D eigenvalue weighted by Gasteiger charge is -2.17. The molecule has 2 atom stereocenters. The van der Waals surface area contributed by atoms with Crippen LogP contribution in [0.4, 0.5) is 0 Å². The fourth-order valence-electron chi connectivity index (χ4n) is 2.66. The van der Waals surface area contributed by atoms with E-state index in [1.54, 1.807) is 12.1 Å². The van der Waals surface area contributed by atoms with Gasteiger partial charge in [-0.15, -0.1) is 0 Å². The third-order valence-electron chi connectivity index (χ3n) is 3.97. The maximum absolute atomic E-state index is 12.1. The summed E-state index contributed by atoms with van der Waals surface area (Å²) in [5.41, 5.74) is 0.707. The van der Waals surface area contributed by atoms with E-state index in [2.05, 4.69) is 10.0 Å². The molecule has 0 saturated heterocycles. The van der Waals surface area contributed by atoms with Crippen LogP contribution in [0, 0.1) is 0 Å². The van der Waals surface area contributed by atoms with Crippen molar-refractivity contribution in [3.63, 3.8) is 0 Å². The molecule has 1 aliphatic carbocycles. The fraction of sp³-hybridized carbons (Fsp3) is 0.533. The SMILES string of the molecule is CN(C)S(=O)(=O)N[C@@H]1CC[C@H](NC(=O)Cc2ccc(O)c(Cl)c2)C1. The molecule has 1 aromatic rings. The highest BCUT2D eigenvalue weighted by Crippen LogP contribution is 2.24. The van der Waals surface area contributed by atoms with Gasteiger partial charge in [0, 0.05) is 26.2 Å². The van der Waals surface area contributed by atoms with Crippen LogP contribution in [0.25, 0.3) is 0 Å². The Morgan fingerprint density at radius 3 is 2.62 bits per heavy atom. The summed E-state index contributed by atoms with van der Waals surface area (Å²) in [6.45, 7) is 0. The molecular weight excluding hydrogens is 354 g/mol. The molecule has 1 saturated carbocycles. The maximum atomic E-state index is 12.1. The number of hydrogen-bond acceptors (Lipinski definition) is 4. The van der Waals surface area contributed by atoms with Crippen molar-refractivity contribution in [2.45, 2.75) is 37.8 Å². The van der Waals surface area contributed by atoms with Gasteiger partial charge in [0.1, 0.15) is 5.75 Å². The normalized spacial score (nSPS) is 21.2. The van der Waals surface area contributed by atoms with Crippen LogP contribution in [-0.4, -0.2) is 49.9 Å². The number of halogens is 1. The molecule has 24 heavy (non-hydrogen) atoms. The molecule has 0 heterocycles. The molecular formula is C15H22ClN3O4S. The summed E-state index contributed by atoms with van der Waals surface area (Å²) < 4.78 is 27.4. The van der Waals surface area contributed by atoms with Gasteiger partial charge in [-0.1, -0.05) is 17.7 Å². The van der Waals surface area contributed by atoms with Gasteiger partial charge in [-0.25, -0.2) is 0 Å². The van der Waals surface area contributed by atoms with Crippen LogP contribution in [0.1, 0.15) is 24.8 Å². The van der Waals surface area contributed by atoms with Crippen LogP contribution >= 0.6 is 11.6 Å². The molecule has 1 amide bonds. The topological polar surface area (TPSA) is 98.7 Å². The minimum atomic E-state index is -3.46. The molecule has 0 aromatic heterocycles. The molecule has 0 unspecified atom stereocenters. The third kappa shape index (κ3) is 5.07. The number of phenolic OH excluding ortho intramolecular Hbond substituents is 1. The predicted molar refractivity (Wildman–Crippen MR) is 92.1 cm³/mol. The van der Waals surface area contributed by atoms with E-state index in [1.807, 2.05) is 0 Å². The zero-order valence-electron chi connectivity index (χ0n) is 13.6. The average molecular weight is 376 g/mol. The molecule has 9 heteroatoms. The Hall–Kier alpha value is -1.35. The van der Waals surface area contributed by atoms with Gasteiger partial charge >= 0.3 is 0 Å². The highest BCUT2D eigenvalue weighted by atomic mass is 35.5. The highest BCUT2D eigenvalue weighted by Gasteiger charge is 2.29. The van der Waals surface area contributed by atoms with Crippen LogP contribution in [0.15, 0.2) is 18.2 Å². The molecule has 1 aliphatic rings. The van der Waals surface area contributed by atoms with E-state index < -0.39 is 10.2 Å². The molecule has 2 rings (SSSR count). The molecule has 1 fully saturated rings.